The predicted octanol–water partition coefficient (Wildman–Crippen LogP) is 2.38. The average molecular weight is 250 g/mol. The molecule has 3 heteroatoms. The first-order chi connectivity index (χ1) is 8.24. The summed E-state index contributed by atoms with van der Waals surface area (Å²) < 4.78 is 0. The second-order valence-corrected chi connectivity index (χ2v) is 5.99. The molecule has 1 aliphatic rings. The van der Waals surface area contributed by atoms with Crippen molar-refractivity contribution in [2.24, 2.45) is 0 Å². The van der Waals surface area contributed by atoms with Crippen LogP contribution in [0.5, 0.6) is 0 Å². The minimum absolute atomic E-state index is 0.646. The Labute approximate surface area is 109 Å². The molecule has 0 aliphatic carbocycles. The Morgan fingerprint density at radius 3 is 2.82 bits per heavy atom. The third-order valence-electron chi connectivity index (χ3n) is 3.15. The molecule has 0 aromatic heterocycles. The van der Waals surface area contributed by atoms with Crippen LogP contribution in [-0.4, -0.2) is 42.9 Å². The Hall–Kier alpha value is -0.510. The summed E-state index contributed by atoms with van der Waals surface area (Å²) in [5.74, 6) is 1.19. The number of piperazine rings is 1. The number of rotatable bonds is 4. The van der Waals surface area contributed by atoms with E-state index in [1.807, 2.05) is 11.8 Å². The highest BCUT2D eigenvalue weighted by Crippen LogP contribution is 2.18. The molecule has 0 saturated carbocycles. The minimum atomic E-state index is 0.646. The number of aryl methyl sites for hydroxylation is 1. The molecular weight excluding hydrogens is 228 g/mol. The number of hydrogen-bond acceptors (Lipinski definition) is 3. The number of benzene rings is 1. The van der Waals surface area contributed by atoms with E-state index in [4.69, 9.17) is 0 Å². The molecule has 1 fully saturated rings. The van der Waals surface area contributed by atoms with E-state index in [1.165, 1.54) is 35.8 Å². The van der Waals surface area contributed by atoms with Crippen LogP contribution in [0.15, 0.2) is 29.2 Å². The largest absolute Gasteiger partial charge is 0.312 e. The zero-order valence-corrected chi connectivity index (χ0v) is 11.6. The molecule has 1 N–H and O–H groups in total. The van der Waals surface area contributed by atoms with Gasteiger partial charge in [-0.15, -0.1) is 11.8 Å². The van der Waals surface area contributed by atoms with Gasteiger partial charge in [0.2, 0.25) is 0 Å². The molecule has 0 unspecified atom stereocenters. The SMILES string of the molecule is Cc1ccc(SCCN2CCN[C@H](C)C2)cc1. The zero-order valence-electron chi connectivity index (χ0n) is 10.8. The van der Waals surface area contributed by atoms with E-state index < -0.39 is 0 Å². The summed E-state index contributed by atoms with van der Waals surface area (Å²) >= 11 is 1.96. The van der Waals surface area contributed by atoms with Gasteiger partial charge in [0, 0.05) is 42.9 Å². The molecule has 1 heterocycles. The summed E-state index contributed by atoms with van der Waals surface area (Å²) in [7, 11) is 0. The molecule has 17 heavy (non-hydrogen) atoms. The van der Waals surface area contributed by atoms with Gasteiger partial charge in [-0.1, -0.05) is 17.7 Å². The third-order valence-corrected chi connectivity index (χ3v) is 4.14. The van der Waals surface area contributed by atoms with Gasteiger partial charge in [-0.25, -0.2) is 0 Å². The molecule has 0 spiro atoms. The number of nitrogens with zero attached hydrogens (tertiary/aromatic N) is 1. The second kappa shape index (κ2) is 6.43. The summed E-state index contributed by atoms with van der Waals surface area (Å²) in [6, 6.07) is 9.47. The van der Waals surface area contributed by atoms with Crippen molar-refractivity contribution in [3.63, 3.8) is 0 Å². The first kappa shape index (κ1) is 12.9. The molecule has 2 nitrogen and oxygen atoms in total. The van der Waals surface area contributed by atoms with E-state index in [2.05, 4.69) is 48.3 Å². The Bertz CT molecular complexity index is 337. The van der Waals surface area contributed by atoms with Crippen LogP contribution < -0.4 is 5.32 Å². The van der Waals surface area contributed by atoms with Crippen LogP contribution in [0.4, 0.5) is 0 Å². The summed E-state index contributed by atoms with van der Waals surface area (Å²) in [5.41, 5.74) is 1.34. The highest BCUT2D eigenvalue weighted by molar-refractivity contribution is 7.99. The molecule has 2 rings (SSSR count). The van der Waals surface area contributed by atoms with Gasteiger partial charge in [0.1, 0.15) is 0 Å². The zero-order chi connectivity index (χ0) is 12.1. The van der Waals surface area contributed by atoms with Crippen molar-refractivity contribution in [3.05, 3.63) is 29.8 Å². The van der Waals surface area contributed by atoms with Gasteiger partial charge in [-0.05, 0) is 26.0 Å². The van der Waals surface area contributed by atoms with Gasteiger partial charge in [-0.2, -0.15) is 0 Å². The predicted molar refractivity (Wildman–Crippen MR) is 75.8 cm³/mol. The average Bonchev–Trinajstić information content (AvgIpc) is 2.32. The van der Waals surface area contributed by atoms with Crippen LogP contribution in [0.3, 0.4) is 0 Å². The lowest BCUT2D eigenvalue weighted by Gasteiger charge is -2.31. The summed E-state index contributed by atoms with van der Waals surface area (Å²) in [4.78, 5) is 3.95. The van der Waals surface area contributed by atoms with Crippen LogP contribution in [0.1, 0.15) is 12.5 Å². The van der Waals surface area contributed by atoms with Crippen molar-refractivity contribution in [1.29, 1.82) is 0 Å². The number of thioether (sulfide) groups is 1. The highest BCUT2D eigenvalue weighted by atomic mass is 32.2. The molecule has 94 valence electrons. The lowest BCUT2D eigenvalue weighted by molar-refractivity contribution is 0.218. The first-order valence-electron chi connectivity index (χ1n) is 6.39. The molecule has 1 saturated heterocycles. The molecule has 0 bridgehead atoms. The Kier molecular flexibility index (Phi) is 4.89. The van der Waals surface area contributed by atoms with Crippen molar-refractivity contribution >= 4 is 11.8 Å². The quantitative estimate of drug-likeness (QED) is 0.826. The molecule has 0 amide bonds. The van der Waals surface area contributed by atoms with Crippen LogP contribution in [-0.2, 0) is 0 Å². The van der Waals surface area contributed by atoms with Crippen molar-refractivity contribution in [3.8, 4) is 0 Å². The molecule has 1 aromatic rings. The maximum atomic E-state index is 3.48. The lowest BCUT2D eigenvalue weighted by atomic mass is 10.2. The molecule has 0 radical (unpaired) electrons. The minimum Gasteiger partial charge on any atom is -0.312 e. The van der Waals surface area contributed by atoms with Crippen molar-refractivity contribution in [2.45, 2.75) is 24.8 Å². The molecule has 1 atom stereocenters. The monoisotopic (exact) mass is 250 g/mol. The standard InChI is InChI=1S/C14H22N2S/c1-12-3-5-14(6-4-12)17-10-9-16-8-7-15-13(2)11-16/h3-6,13,15H,7-11H2,1-2H3/t13-/m1/s1. The second-order valence-electron chi connectivity index (χ2n) is 4.82. The summed E-state index contributed by atoms with van der Waals surface area (Å²) in [6.45, 7) is 9.12. The van der Waals surface area contributed by atoms with Crippen LogP contribution >= 0.6 is 11.8 Å². The van der Waals surface area contributed by atoms with E-state index in [0.29, 0.717) is 6.04 Å². The Morgan fingerprint density at radius 1 is 1.35 bits per heavy atom. The van der Waals surface area contributed by atoms with Gasteiger partial charge in [0.25, 0.3) is 0 Å². The fraction of sp³-hybridized carbons (Fsp3) is 0.571. The molecule has 1 aromatic carbocycles. The van der Waals surface area contributed by atoms with E-state index >= 15 is 0 Å². The number of hydrogen-bond donors (Lipinski definition) is 1. The lowest BCUT2D eigenvalue weighted by Crippen LogP contribution is -2.49. The topological polar surface area (TPSA) is 15.3 Å². The van der Waals surface area contributed by atoms with E-state index in [9.17, 15) is 0 Å². The Balaban J connectivity index is 1.70. The van der Waals surface area contributed by atoms with Crippen molar-refractivity contribution in [1.82, 2.24) is 10.2 Å². The van der Waals surface area contributed by atoms with Gasteiger partial charge in [-0.3, -0.25) is 4.90 Å². The summed E-state index contributed by atoms with van der Waals surface area (Å²) in [5, 5.41) is 3.48. The maximum Gasteiger partial charge on any atom is 0.0167 e. The fourth-order valence-corrected chi connectivity index (χ4v) is 3.06. The van der Waals surface area contributed by atoms with Gasteiger partial charge in [0.05, 0.1) is 0 Å². The van der Waals surface area contributed by atoms with Gasteiger partial charge < -0.3 is 5.32 Å². The van der Waals surface area contributed by atoms with Crippen molar-refractivity contribution < 1.29 is 0 Å². The van der Waals surface area contributed by atoms with Gasteiger partial charge in [0.15, 0.2) is 0 Å². The van der Waals surface area contributed by atoms with E-state index in [-0.39, 0.29) is 0 Å². The highest BCUT2D eigenvalue weighted by Gasteiger charge is 2.14. The van der Waals surface area contributed by atoms with E-state index in [1.54, 1.807) is 0 Å². The smallest absolute Gasteiger partial charge is 0.0167 e. The number of nitrogens with one attached hydrogen (secondary N) is 1. The summed E-state index contributed by atoms with van der Waals surface area (Å²) in [6.07, 6.45) is 0. The van der Waals surface area contributed by atoms with E-state index in [0.717, 1.165) is 6.54 Å². The third kappa shape index (κ3) is 4.34. The fourth-order valence-electron chi connectivity index (χ4n) is 2.14. The molecular formula is C14H22N2S. The normalized spacial score (nSPS) is 21.6. The molecule has 1 aliphatic heterocycles. The maximum absolute atomic E-state index is 3.48. The Morgan fingerprint density at radius 2 is 2.12 bits per heavy atom. The van der Waals surface area contributed by atoms with Crippen LogP contribution in [0.25, 0.3) is 0 Å². The van der Waals surface area contributed by atoms with Crippen LogP contribution in [0.2, 0.25) is 0 Å². The van der Waals surface area contributed by atoms with Crippen molar-refractivity contribution in [2.75, 3.05) is 31.9 Å². The van der Waals surface area contributed by atoms with Crippen LogP contribution in [0, 0.1) is 6.92 Å². The van der Waals surface area contributed by atoms with Gasteiger partial charge >= 0.3 is 0 Å². The first-order valence-corrected chi connectivity index (χ1v) is 7.38.